The molecule has 0 spiro atoms. The normalized spacial score (nSPS) is 10.7. The summed E-state index contributed by atoms with van der Waals surface area (Å²) in [7, 11) is 0. The van der Waals surface area contributed by atoms with Gasteiger partial charge in [-0.15, -0.1) is 0 Å². The number of benzene rings is 1. The minimum Gasteiger partial charge on any atom is -0.478 e. The molecular formula is C15H16N2O4. The van der Waals surface area contributed by atoms with Crippen molar-refractivity contribution in [3.8, 4) is 11.6 Å². The van der Waals surface area contributed by atoms with Gasteiger partial charge in [-0.05, 0) is 19.1 Å². The lowest BCUT2D eigenvalue weighted by Crippen LogP contribution is -2.12. The number of carboxylic acids is 1. The van der Waals surface area contributed by atoms with Crippen LogP contribution in [0.25, 0.3) is 0 Å². The number of hydrogen-bond acceptors (Lipinski definition) is 4. The Morgan fingerprint density at radius 3 is 2.67 bits per heavy atom. The Morgan fingerprint density at radius 2 is 2.05 bits per heavy atom. The predicted octanol–water partition coefficient (Wildman–Crippen LogP) is 2.69. The van der Waals surface area contributed by atoms with Gasteiger partial charge in [0.1, 0.15) is 17.1 Å². The van der Waals surface area contributed by atoms with E-state index in [1.165, 1.54) is 12.1 Å². The van der Waals surface area contributed by atoms with Gasteiger partial charge in [0.2, 0.25) is 5.88 Å². The Kier molecular flexibility index (Phi) is 4.07. The summed E-state index contributed by atoms with van der Waals surface area (Å²) in [5.74, 6) is -0.350. The summed E-state index contributed by atoms with van der Waals surface area (Å²) in [4.78, 5) is 29.6. The molecule has 0 aliphatic heterocycles. The van der Waals surface area contributed by atoms with Gasteiger partial charge in [-0.2, -0.15) is 4.98 Å². The second-order valence-corrected chi connectivity index (χ2v) is 5.03. The first-order valence-electron chi connectivity index (χ1n) is 6.50. The van der Waals surface area contributed by atoms with Crippen LogP contribution in [0, 0.1) is 6.92 Å². The van der Waals surface area contributed by atoms with Gasteiger partial charge in [0.25, 0.3) is 5.56 Å². The fraction of sp³-hybridized carbons (Fsp3) is 0.267. The molecule has 1 aromatic heterocycles. The highest BCUT2D eigenvalue weighted by molar-refractivity contribution is 5.91. The molecule has 6 nitrogen and oxygen atoms in total. The smallest absolute Gasteiger partial charge is 0.339 e. The van der Waals surface area contributed by atoms with Crippen molar-refractivity contribution in [3.63, 3.8) is 0 Å². The van der Waals surface area contributed by atoms with Gasteiger partial charge < -0.3 is 14.8 Å². The van der Waals surface area contributed by atoms with Gasteiger partial charge in [0.05, 0.1) is 6.07 Å². The average molecular weight is 288 g/mol. The molecule has 0 saturated carbocycles. The molecular weight excluding hydrogens is 272 g/mol. The molecule has 2 N–H and O–H groups in total. The Labute approximate surface area is 121 Å². The Hall–Kier alpha value is -2.63. The molecule has 1 aromatic carbocycles. The lowest BCUT2D eigenvalue weighted by atomic mass is 10.1. The summed E-state index contributed by atoms with van der Waals surface area (Å²) in [5, 5.41) is 9.20. The molecule has 21 heavy (non-hydrogen) atoms. The number of ether oxygens (including phenoxy) is 1. The number of nitrogens with zero attached hydrogens (tertiary/aromatic N) is 1. The summed E-state index contributed by atoms with van der Waals surface area (Å²) >= 11 is 0. The highest BCUT2D eigenvalue weighted by Crippen LogP contribution is 2.25. The van der Waals surface area contributed by atoms with Crippen LogP contribution in [-0.4, -0.2) is 21.0 Å². The molecule has 0 radical (unpaired) electrons. The van der Waals surface area contributed by atoms with Crippen molar-refractivity contribution in [2.75, 3.05) is 0 Å². The highest BCUT2D eigenvalue weighted by atomic mass is 16.5. The Morgan fingerprint density at radius 1 is 1.33 bits per heavy atom. The number of aromatic carboxylic acids is 1. The molecule has 0 aliphatic rings. The summed E-state index contributed by atoms with van der Waals surface area (Å²) in [6, 6.07) is 5.99. The van der Waals surface area contributed by atoms with E-state index in [2.05, 4.69) is 9.97 Å². The zero-order valence-electron chi connectivity index (χ0n) is 12.0. The molecule has 0 bridgehead atoms. The van der Waals surface area contributed by atoms with Gasteiger partial charge >= 0.3 is 5.97 Å². The second-order valence-electron chi connectivity index (χ2n) is 5.03. The number of aromatic amines is 1. The van der Waals surface area contributed by atoms with Crippen molar-refractivity contribution in [1.82, 2.24) is 9.97 Å². The number of carbonyl (C=O) groups is 1. The molecule has 0 amide bonds. The molecule has 0 fully saturated rings. The Bertz CT molecular complexity index is 735. The van der Waals surface area contributed by atoms with Crippen molar-refractivity contribution in [2.45, 2.75) is 26.7 Å². The lowest BCUT2D eigenvalue weighted by molar-refractivity contribution is 0.0694. The van der Waals surface area contributed by atoms with E-state index < -0.39 is 5.97 Å². The fourth-order valence-corrected chi connectivity index (χ4v) is 1.79. The number of hydrogen-bond donors (Lipinski definition) is 2. The number of rotatable bonds is 4. The van der Waals surface area contributed by atoms with E-state index in [4.69, 9.17) is 4.74 Å². The molecule has 0 saturated heterocycles. The minimum absolute atomic E-state index is 0.0261. The van der Waals surface area contributed by atoms with Gasteiger partial charge in [-0.25, -0.2) is 4.79 Å². The van der Waals surface area contributed by atoms with Gasteiger partial charge in [-0.3, -0.25) is 4.79 Å². The van der Waals surface area contributed by atoms with Crippen molar-refractivity contribution < 1.29 is 14.6 Å². The standard InChI is InChI=1S/C15H16N2O4/c1-8(2)14-16-12(18)7-13(17-14)21-11-5-4-9(3)6-10(11)15(19)20/h4-8H,1-3H3,(H,19,20)(H,16,17,18). The monoisotopic (exact) mass is 288 g/mol. The van der Waals surface area contributed by atoms with Crippen molar-refractivity contribution in [3.05, 3.63) is 51.6 Å². The Balaban J connectivity index is 2.43. The number of aryl methyl sites for hydroxylation is 1. The zero-order chi connectivity index (χ0) is 15.6. The SMILES string of the molecule is Cc1ccc(Oc2cc(=O)[nH]c(C(C)C)n2)c(C(=O)O)c1. The van der Waals surface area contributed by atoms with Gasteiger partial charge in [-0.1, -0.05) is 25.5 Å². The number of aromatic nitrogens is 2. The highest BCUT2D eigenvalue weighted by Gasteiger charge is 2.14. The van der Waals surface area contributed by atoms with E-state index in [1.54, 1.807) is 19.1 Å². The molecule has 0 unspecified atom stereocenters. The number of H-pyrrole nitrogens is 1. The molecule has 2 aromatic rings. The van der Waals surface area contributed by atoms with E-state index >= 15 is 0 Å². The molecule has 2 rings (SSSR count). The van der Waals surface area contributed by atoms with Crippen LogP contribution >= 0.6 is 0 Å². The fourth-order valence-electron chi connectivity index (χ4n) is 1.79. The van der Waals surface area contributed by atoms with Crippen LogP contribution in [0.3, 0.4) is 0 Å². The first-order chi connectivity index (χ1) is 9.86. The maximum atomic E-state index is 11.6. The topological polar surface area (TPSA) is 92.3 Å². The zero-order valence-corrected chi connectivity index (χ0v) is 12.0. The quantitative estimate of drug-likeness (QED) is 0.902. The van der Waals surface area contributed by atoms with Crippen LogP contribution in [0.5, 0.6) is 11.6 Å². The minimum atomic E-state index is -1.09. The van der Waals surface area contributed by atoms with Crippen molar-refractivity contribution >= 4 is 5.97 Å². The van der Waals surface area contributed by atoms with Crippen LogP contribution in [0.1, 0.15) is 41.5 Å². The van der Waals surface area contributed by atoms with E-state index in [1.807, 2.05) is 13.8 Å². The third kappa shape index (κ3) is 3.47. The third-order valence-corrected chi connectivity index (χ3v) is 2.86. The van der Waals surface area contributed by atoms with Crippen LogP contribution in [0.2, 0.25) is 0 Å². The molecule has 110 valence electrons. The van der Waals surface area contributed by atoms with Crippen molar-refractivity contribution in [1.29, 1.82) is 0 Å². The molecule has 1 heterocycles. The third-order valence-electron chi connectivity index (χ3n) is 2.86. The lowest BCUT2D eigenvalue weighted by Gasteiger charge is -2.10. The number of nitrogens with one attached hydrogen (secondary N) is 1. The van der Waals surface area contributed by atoms with Crippen LogP contribution in [0.15, 0.2) is 29.1 Å². The predicted molar refractivity (Wildman–Crippen MR) is 77.2 cm³/mol. The van der Waals surface area contributed by atoms with Gasteiger partial charge in [0, 0.05) is 5.92 Å². The number of carboxylic acid groups (broad SMARTS) is 1. The summed E-state index contributed by atoms with van der Waals surface area (Å²) in [6.07, 6.45) is 0. The van der Waals surface area contributed by atoms with Crippen LogP contribution in [-0.2, 0) is 0 Å². The second kappa shape index (κ2) is 5.78. The maximum Gasteiger partial charge on any atom is 0.339 e. The summed E-state index contributed by atoms with van der Waals surface area (Å²) < 4.78 is 5.49. The van der Waals surface area contributed by atoms with E-state index in [9.17, 15) is 14.7 Å². The van der Waals surface area contributed by atoms with Crippen LogP contribution < -0.4 is 10.3 Å². The molecule has 0 aliphatic carbocycles. The van der Waals surface area contributed by atoms with Crippen LogP contribution in [0.4, 0.5) is 0 Å². The largest absolute Gasteiger partial charge is 0.478 e. The first-order valence-corrected chi connectivity index (χ1v) is 6.50. The van der Waals surface area contributed by atoms with E-state index in [0.29, 0.717) is 5.82 Å². The summed E-state index contributed by atoms with van der Waals surface area (Å²) in [6.45, 7) is 5.56. The van der Waals surface area contributed by atoms with Crippen molar-refractivity contribution in [2.24, 2.45) is 0 Å². The molecule has 6 heteroatoms. The average Bonchev–Trinajstić information content (AvgIpc) is 2.40. The maximum absolute atomic E-state index is 11.6. The van der Waals surface area contributed by atoms with E-state index in [-0.39, 0.29) is 28.7 Å². The van der Waals surface area contributed by atoms with Gasteiger partial charge in [0.15, 0.2) is 0 Å². The molecule has 0 atom stereocenters. The van der Waals surface area contributed by atoms with E-state index in [0.717, 1.165) is 5.56 Å². The summed E-state index contributed by atoms with van der Waals surface area (Å²) in [5.41, 5.74) is 0.498. The first kappa shape index (κ1) is 14.8.